The van der Waals surface area contributed by atoms with Crippen LogP contribution in [0.1, 0.15) is 35.7 Å². The second kappa shape index (κ2) is 4.53. The Morgan fingerprint density at radius 3 is 2.53 bits per heavy atom. The fourth-order valence-corrected chi connectivity index (χ4v) is 1.45. The van der Waals surface area contributed by atoms with Crippen molar-refractivity contribution in [2.45, 2.75) is 19.8 Å². The van der Waals surface area contributed by atoms with Crippen molar-refractivity contribution in [1.29, 1.82) is 0 Å². The van der Waals surface area contributed by atoms with E-state index in [1.54, 1.807) is 12.1 Å². The highest BCUT2D eigenvalue weighted by Crippen LogP contribution is 2.32. The maximum absolute atomic E-state index is 11.3. The molecule has 82 valence electrons. The minimum atomic E-state index is -0.586. The van der Waals surface area contributed by atoms with Crippen LogP contribution in [0.5, 0.6) is 5.75 Å². The van der Waals surface area contributed by atoms with Crippen molar-refractivity contribution in [2.75, 3.05) is 7.11 Å². The van der Waals surface area contributed by atoms with Gasteiger partial charge in [-0.25, -0.2) is 4.79 Å². The number of carbonyl (C=O) groups excluding carboxylic acids is 1. The van der Waals surface area contributed by atoms with Crippen LogP contribution >= 0.6 is 11.6 Å². The number of ether oxygens (including phenoxy) is 1. The smallest absolute Gasteiger partial charge is 0.341 e. The maximum atomic E-state index is 11.3. The van der Waals surface area contributed by atoms with Gasteiger partial charge in [0.1, 0.15) is 11.3 Å². The number of phenols is 1. The summed E-state index contributed by atoms with van der Waals surface area (Å²) in [6, 6.07) is 3.24. The predicted molar refractivity (Wildman–Crippen MR) is 58.5 cm³/mol. The molecule has 0 aliphatic rings. The van der Waals surface area contributed by atoms with E-state index >= 15 is 0 Å². The number of carbonyl (C=O) groups is 1. The van der Waals surface area contributed by atoms with E-state index in [2.05, 4.69) is 4.74 Å². The van der Waals surface area contributed by atoms with Gasteiger partial charge in [0.25, 0.3) is 0 Å². The van der Waals surface area contributed by atoms with E-state index in [1.165, 1.54) is 7.11 Å². The lowest BCUT2D eigenvalue weighted by atomic mass is 10.0. The van der Waals surface area contributed by atoms with Gasteiger partial charge in [-0.3, -0.25) is 0 Å². The molecule has 0 spiro atoms. The second-order valence-electron chi connectivity index (χ2n) is 3.55. The number of hydrogen-bond donors (Lipinski definition) is 1. The number of methoxy groups -OCH3 is 1. The number of hydrogen-bond acceptors (Lipinski definition) is 3. The van der Waals surface area contributed by atoms with E-state index in [-0.39, 0.29) is 22.3 Å². The first-order chi connectivity index (χ1) is 6.97. The molecule has 0 bridgehead atoms. The molecule has 15 heavy (non-hydrogen) atoms. The predicted octanol–water partition coefficient (Wildman–Crippen LogP) is 2.96. The molecule has 1 rings (SSSR count). The van der Waals surface area contributed by atoms with Crippen LogP contribution in [0.25, 0.3) is 0 Å². The summed E-state index contributed by atoms with van der Waals surface area (Å²) in [5.74, 6) is -0.587. The normalized spacial score (nSPS) is 10.5. The average molecular weight is 229 g/mol. The highest BCUT2D eigenvalue weighted by molar-refractivity contribution is 6.32. The lowest BCUT2D eigenvalue weighted by molar-refractivity contribution is 0.0597. The molecule has 0 aromatic heterocycles. The van der Waals surface area contributed by atoms with E-state index in [1.807, 2.05) is 13.8 Å². The molecule has 0 fully saturated rings. The van der Waals surface area contributed by atoms with Gasteiger partial charge < -0.3 is 9.84 Å². The van der Waals surface area contributed by atoms with Crippen LogP contribution in [0.15, 0.2) is 12.1 Å². The van der Waals surface area contributed by atoms with Crippen LogP contribution < -0.4 is 0 Å². The molecular formula is C11H13ClO3. The molecule has 0 aliphatic heterocycles. The molecule has 0 heterocycles. The van der Waals surface area contributed by atoms with Crippen LogP contribution in [0, 0.1) is 0 Å². The third-order valence-electron chi connectivity index (χ3n) is 2.16. The Hall–Kier alpha value is -1.22. The maximum Gasteiger partial charge on any atom is 0.341 e. The molecule has 0 aliphatic carbocycles. The van der Waals surface area contributed by atoms with Crippen LogP contribution in [-0.2, 0) is 4.74 Å². The number of benzene rings is 1. The lowest BCUT2D eigenvalue weighted by Gasteiger charge is -2.10. The Balaban J connectivity index is 3.31. The summed E-state index contributed by atoms with van der Waals surface area (Å²) in [7, 11) is 1.26. The van der Waals surface area contributed by atoms with Gasteiger partial charge >= 0.3 is 5.97 Å². The number of aromatic hydroxyl groups is 1. The second-order valence-corrected chi connectivity index (χ2v) is 3.95. The summed E-state index contributed by atoms with van der Waals surface area (Å²) in [5.41, 5.74) is 0.993. The molecule has 1 aromatic rings. The number of halogens is 1. The van der Waals surface area contributed by atoms with Gasteiger partial charge in [-0.05, 0) is 23.6 Å². The molecule has 0 saturated heterocycles. The van der Waals surface area contributed by atoms with E-state index in [0.717, 1.165) is 5.56 Å². The first-order valence-electron chi connectivity index (χ1n) is 4.58. The van der Waals surface area contributed by atoms with Crippen molar-refractivity contribution in [2.24, 2.45) is 0 Å². The van der Waals surface area contributed by atoms with Gasteiger partial charge in [0.15, 0.2) is 0 Å². The van der Waals surface area contributed by atoms with Crippen LogP contribution in [0.2, 0.25) is 5.02 Å². The molecule has 3 nitrogen and oxygen atoms in total. The Morgan fingerprint density at radius 1 is 1.47 bits per heavy atom. The van der Waals surface area contributed by atoms with Crippen molar-refractivity contribution in [1.82, 2.24) is 0 Å². The van der Waals surface area contributed by atoms with E-state index < -0.39 is 5.97 Å². The van der Waals surface area contributed by atoms with Crippen molar-refractivity contribution in [3.05, 3.63) is 28.3 Å². The molecule has 4 heteroatoms. The van der Waals surface area contributed by atoms with E-state index in [9.17, 15) is 9.90 Å². The minimum absolute atomic E-state index is 0.105. The monoisotopic (exact) mass is 228 g/mol. The van der Waals surface area contributed by atoms with Gasteiger partial charge in [0.05, 0.1) is 12.1 Å². The molecule has 0 atom stereocenters. The van der Waals surface area contributed by atoms with E-state index in [0.29, 0.717) is 0 Å². The van der Waals surface area contributed by atoms with Gasteiger partial charge in [-0.1, -0.05) is 25.4 Å². The zero-order valence-electron chi connectivity index (χ0n) is 8.87. The van der Waals surface area contributed by atoms with Crippen molar-refractivity contribution in [3.63, 3.8) is 0 Å². The third-order valence-corrected chi connectivity index (χ3v) is 2.45. The molecule has 0 amide bonds. The topological polar surface area (TPSA) is 46.5 Å². The van der Waals surface area contributed by atoms with Gasteiger partial charge in [0.2, 0.25) is 0 Å². The highest BCUT2D eigenvalue weighted by Gasteiger charge is 2.16. The molecule has 0 unspecified atom stereocenters. The molecule has 1 aromatic carbocycles. The van der Waals surface area contributed by atoms with Crippen LogP contribution in [0.4, 0.5) is 0 Å². The first kappa shape index (κ1) is 11.9. The summed E-state index contributed by atoms with van der Waals surface area (Å²) in [6.45, 7) is 3.95. The Bertz CT molecular complexity index is 386. The van der Waals surface area contributed by atoms with Crippen LogP contribution in [0.3, 0.4) is 0 Å². The number of phenolic OH excluding ortho intramolecular Hbond substituents is 1. The average Bonchev–Trinajstić information content (AvgIpc) is 2.20. The van der Waals surface area contributed by atoms with E-state index in [4.69, 9.17) is 11.6 Å². The fraction of sp³-hybridized carbons (Fsp3) is 0.364. The molecule has 1 N–H and O–H groups in total. The Kier molecular flexibility index (Phi) is 3.58. The zero-order valence-corrected chi connectivity index (χ0v) is 9.63. The fourth-order valence-electron chi connectivity index (χ4n) is 1.22. The van der Waals surface area contributed by atoms with Crippen molar-refractivity contribution >= 4 is 17.6 Å². The quantitative estimate of drug-likeness (QED) is 0.792. The first-order valence-corrected chi connectivity index (χ1v) is 4.96. The highest BCUT2D eigenvalue weighted by atomic mass is 35.5. The standard InChI is InChI=1S/C11H13ClO3/c1-6(2)7-4-8(11(14)15-3)10(13)9(12)5-7/h4-6,13H,1-3H3. The zero-order chi connectivity index (χ0) is 11.6. The van der Waals surface area contributed by atoms with Gasteiger partial charge in [0, 0.05) is 0 Å². The van der Waals surface area contributed by atoms with Crippen molar-refractivity contribution in [3.8, 4) is 5.75 Å². The van der Waals surface area contributed by atoms with Gasteiger partial charge in [-0.15, -0.1) is 0 Å². The lowest BCUT2D eigenvalue weighted by Crippen LogP contribution is -2.03. The number of esters is 1. The SMILES string of the molecule is COC(=O)c1cc(C(C)C)cc(Cl)c1O. The summed E-state index contributed by atoms with van der Waals surface area (Å²) in [4.78, 5) is 11.3. The molecular weight excluding hydrogens is 216 g/mol. The summed E-state index contributed by atoms with van der Waals surface area (Å²) >= 11 is 5.81. The molecule has 0 saturated carbocycles. The largest absolute Gasteiger partial charge is 0.505 e. The van der Waals surface area contributed by atoms with Crippen LogP contribution in [-0.4, -0.2) is 18.2 Å². The third kappa shape index (κ3) is 2.42. The summed E-state index contributed by atoms with van der Waals surface area (Å²) < 4.78 is 4.55. The Labute approximate surface area is 93.6 Å². The molecule has 0 radical (unpaired) electrons. The minimum Gasteiger partial charge on any atom is -0.505 e. The number of rotatable bonds is 2. The summed E-state index contributed by atoms with van der Waals surface area (Å²) in [5, 5.41) is 9.74. The summed E-state index contributed by atoms with van der Waals surface area (Å²) in [6.07, 6.45) is 0. The van der Waals surface area contributed by atoms with Crippen molar-refractivity contribution < 1.29 is 14.6 Å². The van der Waals surface area contributed by atoms with Gasteiger partial charge in [-0.2, -0.15) is 0 Å². The Morgan fingerprint density at radius 2 is 2.07 bits per heavy atom.